The molecule has 92 valence electrons. The first-order chi connectivity index (χ1) is 7.78. The maximum absolute atomic E-state index is 11.7. The van der Waals surface area contributed by atoms with Crippen LogP contribution in [0.1, 0.15) is 32.1 Å². The SMILES string of the molecule is NCC1CN(CC(=O)NC2CCCCC2)C1. The van der Waals surface area contributed by atoms with Gasteiger partial charge < -0.3 is 11.1 Å². The molecule has 1 aliphatic heterocycles. The van der Waals surface area contributed by atoms with Gasteiger partial charge in [0.15, 0.2) is 0 Å². The minimum Gasteiger partial charge on any atom is -0.352 e. The van der Waals surface area contributed by atoms with E-state index in [2.05, 4.69) is 10.2 Å². The minimum absolute atomic E-state index is 0.197. The molecule has 0 radical (unpaired) electrons. The van der Waals surface area contributed by atoms with Gasteiger partial charge in [0, 0.05) is 19.1 Å². The van der Waals surface area contributed by atoms with E-state index in [1.54, 1.807) is 0 Å². The van der Waals surface area contributed by atoms with Crippen molar-refractivity contribution in [3.05, 3.63) is 0 Å². The van der Waals surface area contributed by atoms with E-state index in [0.717, 1.165) is 32.5 Å². The molecule has 16 heavy (non-hydrogen) atoms. The summed E-state index contributed by atoms with van der Waals surface area (Å²) in [4.78, 5) is 13.9. The molecule has 1 heterocycles. The average molecular weight is 225 g/mol. The zero-order chi connectivity index (χ0) is 11.4. The van der Waals surface area contributed by atoms with Crippen LogP contribution >= 0.6 is 0 Å². The molecule has 0 atom stereocenters. The summed E-state index contributed by atoms with van der Waals surface area (Å²) in [7, 11) is 0. The first-order valence-corrected chi connectivity index (χ1v) is 6.49. The van der Waals surface area contributed by atoms with Crippen LogP contribution in [0, 0.1) is 5.92 Å². The summed E-state index contributed by atoms with van der Waals surface area (Å²) < 4.78 is 0. The highest BCUT2D eigenvalue weighted by molar-refractivity contribution is 5.78. The van der Waals surface area contributed by atoms with Crippen LogP contribution in [0.4, 0.5) is 0 Å². The Kier molecular flexibility index (Phi) is 4.18. The molecule has 2 aliphatic rings. The molecule has 0 spiro atoms. The predicted molar refractivity (Wildman–Crippen MR) is 64.0 cm³/mol. The van der Waals surface area contributed by atoms with Gasteiger partial charge in [-0.15, -0.1) is 0 Å². The number of likely N-dealkylation sites (tertiary alicyclic amines) is 1. The maximum Gasteiger partial charge on any atom is 0.234 e. The van der Waals surface area contributed by atoms with Crippen LogP contribution in [0.5, 0.6) is 0 Å². The quantitative estimate of drug-likeness (QED) is 0.725. The second-order valence-corrected chi connectivity index (χ2v) is 5.20. The number of nitrogens with one attached hydrogen (secondary N) is 1. The molecule has 1 saturated carbocycles. The normalized spacial score (nSPS) is 24.1. The van der Waals surface area contributed by atoms with Gasteiger partial charge in [0.2, 0.25) is 5.91 Å². The van der Waals surface area contributed by atoms with Crippen molar-refractivity contribution < 1.29 is 4.79 Å². The summed E-state index contributed by atoms with van der Waals surface area (Å²) in [6, 6.07) is 0.438. The van der Waals surface area contributed by atoms with Gasteiger partial charge in [-0.05, 0) is 25.3 Å². The number of carbonyl (C=O) groups excluding carboxylic acids is 1. The molecule has 1 aliphatic carbocycles. The number of hydrogen-bond donors (Lipinski definition) is 2. The van der Waals surface area contributed by atoms with E-state index in [9.17, 15) is 4.79 Å². The number of nitrogens with two attached hydrogens (primary N) is 1. The van der Waals surface area contributed by atoms with Crippen LogP contribution in [0.15, 0.2) is 0 Å². The van der Waals surface area contributed by atoms with E-state index < -0.39 is 0 Å². The molecular formula is C12H23N3O. The third kappa shape index (κ3) is 3.19. The monoisotopic (exact) mass is 225 g/mol. The molecule has 2 fully saturated rings. The summed E-state index contributed by atoms with van der Waals surface area (Å²) in [5.74, 6) is 0.810. The van der Waals surface area contributed by atoms with Crippen molar-refractivity contribution in [1.29, 1.82) is 0 Å². The van der Waals surface area contributed by atoms with Crippen molar-refractivity contribution >= 4 is 5.91 Å². The third-order valence-electron chi connectivity index (χ3n) is 3.70. The van der Waals surface area contributed by atoms with Crippen molar-refractivity contribution in [2.45, 2.75) is 38.1 Å². The van der Waals surface area contributed by atoms with Gasteiger partial charge in [0.25, 0.3) is 0 Å². The molecule has 0 aromatic carbocycles. The van der Waals surface area contributed by atoms with Crippen LogP contribution < -0.4 is 11.1 Å². The molecule has 0 bridgehead atoms. The first-order valence-electron chi connectivity index (χ1n) is 6.49. The van der Waals surface area contributed by atoms with Crippen LogP contribution in [-0.2, 0) is 4.79 Å². The average Bonchev–Trinajstić information content (AvgIpc) is 2.24. The lowest BCUT2D eigenvalue weighted by Crippen LogP contribution is -2.54. The lowest BCUT2D eigenvalue weighted by Gasteiger charge is -2.38. The summed E-state index contributed by atoms with van der Waals surface area (Å²) in [5.41, 5.74) is 5.55. The molecular weight excluding hydrogens is 202 g/mol. The first kappa shape index (κ1) is 11.9. The molecule has 2 rings (SSSR count). The number of nitrogens with zero attached hydrogens (tertiary/aromatic N) is 1. The Morgan fingerprint density at radius 3 is 2.56 bits per heavy atom. The van der Waals surface area contributed by atoms with E-state index in [1.165, 1.54) is 19.3 Å². The standard InChI is InChI=1S/C12H23N3O/c13-6-10-7-15(8-10)9-12(16)14-11-4-2-1-3-5-11/h10-11H,1-9,13H2,(H,14,16). The van der Waals surface area contributed by atoms with Crippen molar-refractivity contribution in [1.82, 2.24) is 10.2 Å². The maximum atomic E-state index is 11.7. The van der Waals surface area contributed by atoms with Gasteiger partial charge in [-0.3, -0.25) is 9.69 Å². The Hall–Kier alpha value is -0.610. The molecule has 0 aromatic rings. The topological polar surface area (TPSA) is 58.4 Å². The largest absolute Gasteiger partial charge is 0.352 e. The number of carbonyl (C=O) groups is 1. The molecule has 0 unspecified atom stereocenters. The molecule has 1 amide bonds. The van der Waals surface area contributed by atoms with E-state index in [-0.39, 0.29) is 5.91 Å². The number of rotatable bonds is 4. The highest BCUT2D eigenvalue weighted by Gasteiger charge is 2.27. The highest BCUT2D eigenvalue weighted by Crippen LogP contribution is 2.17. The van der Waals surface area contributed by atoms with Gasteiger partial charge in [0.1, 0.15) is 0 Å². The Balaban J connectivity index is 1.61. The van der Waals surface area contributed by atoms with Crippen LogP contribution in [0.2, 0.25) is 0 Å². The lowest BCUT2D eigenvalue weighted by molar-refractivity contribution is -0.124. The van der Waals surface area contributed by atoms with Gasteiger partial charge >= 0.3 is 0 Å². The molecule has 4 nitrogen and oxygen atoms in total. The van der Waals surface area contributed by atoms with Gasteiger partial charge in [-0.1, -0.05) is 19.3 Å². The second kappa shape index (κ2) is 5.64. The molecule has 4 heteroatoms. The summed E-state index contributed by atoms with van der Waals surface area (Å²) >= 11 is 0. The lowest BCUT2D eigenvalue weighted by atomic mass is 9.95. The highest BCUT2D eigenvalue weighted by atomic mass is 16.2. The fourth-order valence-corrected chi connectivity index (χ4v) is 2.68. The van der Waals surface area contributed by atoms with Crippen LogP contribution in [0.3, 0.4) is 0 Å². The van der Waals surface area contributed by atoms with E-state index in [1.807, 2.05) is 0 Å². The number of hydrogen-bond acceptors (Lipinski definition) is 3. The zero-order valence-corrected chi connectivity index (χ0v) is 9.95. The van der Waals surface area contributed by atoms with E-state index in [0.29, 0.717) is 18.5 Å². The van der Waals surface area contributed by atoms with E-state index in [4.69, 9.17) is 5.73 Å². The predicted octanol–water partition coefficient (Wildman–Crippen LogP) is 0.326. The Morgan fingerprint density at radius 1 is 1.25 bits per heavy atom. The summed E-state index contributed by atoms with van der Waals surface area (Å²) in [6.07, 6.45) is 6.19. The van der Waals surface area contributed by atoms with Crippen molar-refractivity contribution in [3.8, 4) is 0 Å². The fourth-order valence-electron chi connectivity index (χ4n) is 2.68. The smallest absolute Gasteiger partial charge is 0.234 e. The molecule has 0 aromatic heterocycles. The van der Waals surface area contributed by atoms with Gasteiger partial charge in [0.05, 0.1) is 6.54 Å². The number of amides is 1. The minimum atomic E-state index is 0.197. The third-order valence-corrected chi connectivity index (χ3v) is 3.70. The zero-order valence-electron chi connectivity index (χ0n) is 9.95. The van der Waals surface area contributed by atoms with Crippen molar-refractivity contribution in [3.63, 3.8) is 0 Å². The molecule has 1 saturated heterocycles. The Labute approximate surface area is 97.6 Å². The Morgan fingerprint density at radius 2 is 1.94 bits per heavy atom. The Bertz CT molecular complexity index is 232. The summed E-state index contributed by atoms with van der Waals surface area (Å²) in [6.45, 7) is 3.30. The molecule has 3 N–H and O–H groups in total. The second-order valence-electron chi connectivity index (χ2n) is 5.20. The fraction of sp³-hybridized carbons (Fsp3) is 0.917. The van der Waals surface area contributed by atoms with Crippen LogP contribution in [0.25, 0.3) is 0 Å². The summed E-state index contributed by atoms with van der Waals surface area (Å²) in [5, 5.41) is 3.14. The van der Waals surface area contributed by atoms with Gasteiger partial charge in [-0.2, -0.15) is 0 Å². The van der Waals surface area contributed by atoms with Gasteiger partial charge in [-0.25, -0.2) is 0 Å². The van der Waals surface area contributed by atoms with E-state index >= 15 is 0 Å². The van der Waals surface area contributed by atoms with Crippen LogP contribution in [-0.4, -0.2) is 43.0 Å². The van der Waals surface area contributed by atoms with Crippen molar-refractivity contribution in [2.75, 3.05) is 26.2 Å². The van der Waals surface area contributed by atoms with Crippen molar-refractivity contribution in [2.24, 2.45) is 11.7 Å².